The largest absolute Gasteiger partial charge is 0.508 e. The zero-order valence-corrected chi connectivity index (χ0v) is 21.7. The van der Waals surface area contributed by atoms with Gasteiger partial charge in [-0.3, -0.25) is 19.2 Å². The van der Waals surface area contributed by atoms with Gasteiger partial charge in [-0.25, -0.2) is 9.78 Å². The maximum Gasteiger partial charge on any atom is 0.326 e. The molecule has 1 aromatic heterocycles. The smallest absolute Gasteiger partial charge is 0.326 e. The number of aromatic nitrogens is 2. The van der Waals surface area contributed by atoms with Gasteiger partial charge in [-0.2, -0.15) is 0 Å². The van der Waals surface area contributed by atoms with Crippen molar-refractivity contribution < 1.29 is 34.2 Å². The fraction of sp³-hybridized carbons (Fsp3) is 0.440. The number of hydrogen-bond acceptors (Lipinski definition) is 8. The third-order valence-electron chi connectivity index (χ3n) is 5.70. The van der Waals surface area contributed by atoms with Crippen LogP contribution in [0.5, 0.6) is 5.75 Å². The van der Waals surface area contributed by atoms with Crippen LogP contribution < -0.4 is 27.4 Å². The molecule has 10 N–H and O–H groups in total. The van der Waals surface area contributed by atoms with Gasteiger partial charge in [-0.1, -0.05) is 26.0 Å². The first-order valence-corrected chi connectivity index (χ1v) is 12.3. The van der Waals surface area contributed by atoms with Crippen LogP contribution in [-0.2, 0) is 36.8 Å². The Morgan fingerprint density at radius 3 is 2.05 bits per heavy atom. The molecule has 1 aromatic carbocycles. The number of hydrogen-bond donors (Lipinski definition) is 8. The van der Waals surface area contributed by atoms with E-state index in [2.05, 4.69) is 25.9 Å². The van der Waals surface area contributed by atoms with Gasteiger partial charge in [0, 0.05) is 24.7 Å². The number of phenolic OH excluding ortho intramolecular Hbond substituents is 1. The maximum atomic E-state index is 13.3. The highest BCUT2D eigenvalue weighted by Crippen LogP contribution is 2.13. The standard InChI is InChI=1S/C25H35N7O7/c1-13(2)7-18(30-22(35)17(26)10-21(27)34)23(36)31-19(8-14-3-5-16(33)6-4-14)24(37)32-20(25(38)39)9-15-11-28-12-29-15/h3-6,11-13,17-20,33H,7-10,26H2,1-2H3,(H2,27,34)(H,28,29)(H,30,35)(H,31,36)(H,32,37)(H,38,39). The van der Waals surface area contributed by atoms with Crippen LogP contribution in [0.15, 0.2) is 36.8 Å². The molecule has 14 heteroatoms. The van der Waals surface area contributed by atoms with E-state index < -0.39 is 60.2 Å². The predicted molar refractivity (Wildman–Crippen MR) is 139 cm³/mol. The SMILES string of the molecule is CC(C)CC(NC(=O)C(N)CC(N)=O)C(=O)NC(Cc1ccc(O)cc1)C(=O)NC(Cc1cnc[nH]1)C(=O)O. The van der Waals surface area contributed by atoms with Gasteiger partial charge in [0.15, 0.2) is 0 Å². The van der Waals surface area contributed by atoms with Gasteiger partial charge < -0.3 is 42.6 Å². The molecule has 2 aromatic rings. The zero-order chi connectivity index (χ0) is 29.1. The summed E-state index contributed by atoms with van der Waals surface area (Å²) in [6.45, 7) is 3.65. The molecule has 0 fully saturated rings. The van der Waals surface area contributed by atoms with E-state index in [1.54, 1.807) is 12.1 Å². The van der Waals surface area contributed by atoms with Crippen LogP contribution in [0.1, 0.15) is 37.9 Å². The Labute approximate surface area is 224 Å². The summed E-state index contributed by atoms with van der Waals surface area (Å²) in [4.78, 5) is 68.6. The lowest BCUT2D eigenvalue weighted by Gasteiger charge is -2.26. The summed E-state index contributed by atoms with van der Waals surface area (Å²) in [7, 11) is 0. The van der Waals surface area contributed by atoms with Crippen LogP contribution >= 0.6 is 0 Å². The normalized spacial score (nSPS) is 14.1. The van der Waals surface area contributed by atoms with Crippen LogP contribution in [0.3, 0.4) is 0 Å². The summed E-state index contributed by atoms with van der Waals surface area (Å²) >= 11 is 0. The fourth-order valence-electron chi connectivity index (χ4n) is 3.73. The molecule has 4 amide bonds. The van der Waals surface area contributed by atoms with Crippen LogP contribution in [0, 0.1) is 5.92 Å². The number of carboxylic acids is 1. The summed E-state index contributed by atoms with van der Waals surface area (Å²) in [5.41, 5.74) is 11.9. The number of phenols is 1. The maximum absolute atomic E-state index is 13.3. The fourth-order valence-corrected chi connectivity index (χ4v) is 3.73. The van der Waals surface area contributed by atoms with Gasteiger partial charge in [0.25, 0.3) is 0 Å². The van der Waals surface area contributed by atoms with E-state index in [0.717, 1.165) is 0 Å². The molecule has 14 nitrogen and oxygen atoms in total. The number of imidazole rings is 1. The van der Waals surface area contributed by atoms with Crippen molar-refractivity contribution in [3.63, 3.8) is 0 Å². The van der Waals surface area contributed by atoms with Crippen LogP contribution in [0.4, 0.5) is 0 Å². The first-order valence-electron chi connectivity index (χ1n) is 12.3. The number of benzene rings is 1. The van der Waals surface area contributed by atoms with Crippen molar-refractivity contribution >= 4 is 29.6 Å². The Hall–Kier alpha value is -4.46. The minimum Gasteiger partial charge on any atom is -0.508 e. The average molecular weight is 546 g/mol. The average Bonchev–Trinajstić information content (AvgIpc) is 3.36. The molecule has 0 aliphatic rings. The molecule has 0 saturated heterocycles. The minimum atomic E-state index is -1.32. The number of nitrogens with zero attached hydrogens (tertiary/aromatic N) is 1. The molecule has 0 bridgehead atoms. The number of carbonyl (C=O) groups is 5. The second kappa shape index (κ2) is 14.5. The quantitative estimate of drug-likeness (QED) is 0.132. The number of nitrogens with two attached hydrogens (primary N) is 2. The third-order valence-corrected chi connectivity index (χ3v) is 5.70. The lowest BCUT2D eigenvalue weighted by molar-refractivity contribution is -0.142. The summed E-state index contributed by atoms with van der Waals surface area (Å²) < 4.78 is 0. The number of rotatable bonds is 15. The van der Waals surface area contributed by atoms with Crippen molar-refractivity contribution in [2.75, 3.05) is 0 Å². The number of amides is 4. The number of carboxylic acid groups (broad SMARTS) is 1. The Balaban J connectivity index is 2.25. The van der Waals surface area contributed by atoms with Gasteiger partial charge in [0.05, 0.1) is 18.8 Å². The number of H-pyrrole nitrogens is 1. The number of carbonyl (C=O) groups excluding carboxylic acids is 4. The lowest BCUT2D eigenvalue weighted by atomic mass is 10.00. The second-order valence-corrected chi connectivity index (χ2v) is 9.58. The lowest BCUT2D eigenvalue weighted by Crippen LogP contribution is -2.58. The highest BCUT2D eigenvalue weighted by Gasteiger charge is 2.31. The summed E-state index contributed by atoms with van der Waals surface area (Å²) in [5.74, 6) is -4.37. The van der Waals surface area contributed by atoms with Gasteiger partial charge >= 0.3 is 5.97 Å². The molecule has 4 unspecified atom stereocenters. The molecule has 0 aliphatic heterocycles. The molecule has 4 atom stereocenters. The van der Waals surface area contributed by atoms with E-state index in [-0.39, 0.29) is 30.9 Å². The van der Waals surface area contributed by atoms with Gasteiger partial charge in [-0.15, -0.1) is 0 Å². The molecule has 2 rings (SSSR count). The van der Waals surface area contributed by atoms with E-state index >= 15 is 0 Å². The molecule has 0 radical (unpaired) electrons. The number of primary amides is 1. The van der Waals surface area contributed by atoms with Gasteiger partial charge in [0.1, 0.15) is 23.9 Å². The first-order chi connectivity index (χ1) is 18.3. The van der Waals surface area contributed by atoms with Crippen molar-refractivity contribution in [1.82, 2.24) is 25.9 Å². The van der Waals surface area contributed by atoms with Crippen molar-refractivity contribution in [3.05, 3.63) is 48.0 Å². The van der Waals surface area contributed by atoms with E-state index in [9.17, 15) is 34.2 Å². The first kappa shape index (κ1) is 30.8. The van der Waals surface area contributed by atoms with Crippen LogP contribution in [0.25, 0.3) is 0 Å². The highest BCUT2D eigenvalue weighted by atomic mass is 16.4. The van der Waals surface area contributed by atoms with E-state index in [4.69, 9.17) is 11.5 Å². The van der Waals surface area contributed by atoms with Crippen molar-refractivity contribution in [1.29, 1.82) is 0 Å². The van der Waals surface area contributed by atoms with Crippen molar-refractivity contribution in [2.24, 2.45) is 17.4 Å². The molecule has 0 aliphatic carbocycles. The Bertz CT molecular complexity index is 1140. The Kier molecular flexibility index (Phi) is 11.4. The zero-order valence-electron chi connectivity index (χ0n) is 21.7. The van der Waals surface area contributed by atoms with Crippen LogP contribution in [-0.4, -0.2) is 73.9 Å². The third kappa shape index (κ3) is 10.4. The topological polar surface area (TPSA) is 243 Å². The second-order valence-electron chi connectivity index (χ2n) is 9.58. The highest BCUT2D eigenvalue weighted by molar-refractivity contribution is 5.95. The predicted octanol–water partition coefficient (Wildman–Crippen LogP) is -1.31. The minimum absolute atomic E-state index is 0.00120. The number of aliphatic carboxylic acids is 1. The number of nitrogens with one attached hydrogen (secondary N) is 4. The van der Waals surface area contributed by atoms with Gasteiger partial charge in [0.2, 0.25) is 23.6 Å². The van der Waals surface area contributed by atoms with E-state index in [1.165, 1.54) is 24.7 Å². The summed E-state index contributed by atoms with van der Waals surface area (Å²) in [5, 5.41) is 26.8. The summed E-state index contributed by atoms with van der Waals surface area (Å²) in [6, 6.07) is 0.992. The molecular weight excluding hydrogens is 510 g/mol. The Morgan fingerprint density at radius 2 is 1.51 bits per heavy atom. The molecular formula is C25H35N7O7. The van der Waals surface area contributed by atoms with Crippen molar-refractivity contribution in [3.8, 4) is 5.75 Å². The monoisotopic (exact) mass is 545 g/mol. The number of aromatic amines is 1. The van der Waals surface area contributed by atoms with E-state index in [0.29, 0.717) is 11.3 Å². The summed E-state index contributed by atoms with van der Waals surface area (Å²) in [6.07, 6.45) is 2.46. The van der Waals surface area contributed by atoms with E-state index in [1.807, 2.05) is 13.8 Å². The molecule has 212 valence electrons. The number of aromatic hydroxyl groups is 1. The molecule has 0 spiro atoms. The molecule has 1 heterocycles. The van der Waals surface area contributed by atoms with Crippen molar-refractivity contribution in [2.45, 2.75) is 63.7 Å². The molecule has 0 saturated carbocycles. The molecule has 39 heavy (non-hydrogen) atoms. The van der Waals surface area contributed by atoms with Gasteiger partial charge in [-0.05, 0) is 30.0 Å². The van der Waals surface area contributed by atoms with Crippen LogP contribution in [0.2, 0.25) is 0 Å². The Morgan fingerprint density at radius 1 is 0.923 bits per heavy atom.